The van der Waals surface area contributed by atoms with Crippen LogP contribution in [0.15, 0.2) is 24.5 Å². The Morgan fingerprint density at radius 1 is 1.33 bits per heavy atom. The van der Waals surface area contributed by atoms with Crippen LogP contribution in [0.4, 0.5) is 0 Å². The maximum absolute atomic E-state index is 4.42. The van der Waals surface area contributed by atoms with Gasteiger partial charge in [-0.25, -0.2) is 9.67 Å². The average molecular weight is 244 g/mol. The van der Waals surface area contributed by atoms with E-state index in [1.165, 1.54) is 11.1 Å². The van der Waals surface area contributed by atoms with Crippen LogP contribution in [0.5, 0.6) is 0 Å². The molecule has 1 N–H and O–H groups in total. The molecule has 0 fully saturated rings. The third-order valence-electron chi connectivity index (χ3n) is 2.93. The van der Waals surface area contributed by atoms with E-state index in [0.717, 1.165) is 18.1 Å². The number of aromatic nitrogens is 3. The van der Waals surface area contributed by atoms with Crippen LogP contribution in [0, 0.1) is 13.8 Å². The zero-order valence-electron chi connectivity index (χ0n) is 11.4. The van der Waals surface area contributed by atoms with Gasteiger partial charge >= 0.3 is 0 Å². The molecule has 0 atom stereocenters. The summed E-state index contributed by atoms with van der Waals surface area (Å²) in [6, 6.07) is 4.51. The SMILES string of the molecule is Cc1ccnc(-n2ncc(CNC(C)C)c2C)c1. The highest BCUT2D eigenvalue weighted by molar-refractivity contribution is 5.30. The predicted octanol–water partition coefficient (Wildman–Crippen LogP) is 2.38. The number of aryl methyl sites for hydroxylation is 1. The van der Waals surface area contributed by atoms with Gasteiger partial charge in [0.05, 0.1) is 6.20 Å². The van der Waals surface area contributed by atoms with Crippen molar-refractivity contribution in [1.29, 1.82) is 0 Å². The summed E-state index contributed by atoms with van der Waals surface area (Å²) in [4.78, 5) is 4.36. The van der Waals surface area contributed by atoms with Crippen molar-refractivity contribution in [3.8, 4) is 5.82 Å². The molecule has 0 aliphatic carbocycles. The van der Waals surface area contributed by atoms with Gasteiger partial charge in [0.1, 0.15) is 0 Å². The van der Waals surface area contributed by atoms with Crippen molar-refractivity contribution in [3.05, 3.63) is 41.3 Å². The van der Waals surface area contributed by atoms with Gasteiger partial charge in [0.25, 0.3) is 0 Å². The fourth-order valence-corrected chi connectivity index (χ4v) is 1.80. The molecule has 2 aromatic rings. The molecule has 0 amide bonds. The molecule has 0 unspecified atom stereocenters. The quantitative estimate of drug-likeness (QED) is 0.898. The van der Waals surface area contributed by atoms with Crippen LogP contribution in [0.2, 0.25) is 0 Å². The normalized spacial score (nSPS) is 11.2. The lowest BCUT2D eigenvalue weighted by molar-refractivity contribution is 0.587. The molecule has 0 saturated heterocycles. The maximum Gasteiger partial charge on any atom is 0.153 e. The first-order valence-electron chi connectivity index (χ1n) is 6.28. The van der Waals surface area contributed by atoms with Gasteiger partial charge in [0.15, 0.2) is 5.82 Å². The molecule has 2 aromatic heterocycles. The zero-order valence-corrected chi connectivity index (χ0v) is 11.4. The Bertz CT molecular complexity index is 528. The van der Waals surface area contributed by atoms with E-state index in [2.05, 4.69) is 43.1 Å². The second-order valence-corrected chi connectivity index (χ2v) is 4.89. The molecule has 96 valence electrons. The minimum atomic E-state index is 0.477. The first-order chi connectivity index (χ1) is 8.58. The Balaban J connectivity index is 2.25. The van der Waals surface area contributed by atoms with Gasteiger partial charge in [-0.3, -0.25) is 0 Å². The monoisotopic (exact) mass is 244 g/mol. The standard InChI is InChI=1S/C14H20N4/c1-10(2)16-8-13-9-17-18(12(13)4)14-7-11(3)5-6-15-14/h5-7,9-10,16H,8H2,1-4H3. The number of nitrogens with zero attached hydrogens (tertiary/aromatic N) is 3. The molecule has 0 saturated carbocycles. The highest BCUT2D eigenvalue weighted by atomic mass is 15.3. The molecule has 2 heterocycles. The van der Waals surface area contributed by atoms with Crippen LogP contribution in [0.25, 0.3) is 5.82 Å². The zero-order chi connectivity index (χ0) is 13.1. The van der Waals surface area contributed by atoms with Crippen molar-refractivity contribution < 1.29 is 0 Å². The Kier molecular flexibility index (Phi) is 3.77. The molecule has 4 nitrogen and oxygen atoms in total. The van der Waals surface area contributed by atoms with Gasteiger partial charge in [-0.15, -0.1) is 0 Å². The Morgan fingerprint density at radius 3 is 2.78 bits per heavy atom. The summed E-state index contributed by atoms with van der Waals surface area (Å²) in [6.45, 7) is 9.26. The maximum atomic E-state index is 4.42. The Morgan fingerprint density at radius 2 is 2.11 bits per heavy atom. The summed E-state index contributed by atoms with van der Waals surface area (Å²) in [6.07, 6.45) is 3.73. The highest BCUT2D eigenvalue weighted by Gasteiger charge is 2.09. The van der Waals surface area contributed by atoms with E-state index in [1.807, 2.05) is 29.2 Å². The first kappa shape index (κ1) is 12.8. The van der Waals surface area contributed by atoms with E-state index in [-0.39, 0.29) is 0 Å². The largest absolute Gasteiger partial charge is 0.310 e. The number of nitrogens with one attached hydrogen (secondary N) is 1. The highest BCUT2D eigenvalue weighted by Crippen LogP contribution is 2.13. The molecule has 0 bridgehead atoms. The summed E-state index contributed by atoms with van der Waals surface area (Å²) in [5.74, 6) is 0.878. The van der Waals surface area contributed by atoms with E-state index < -0.39 is 0 Å². The van der Waals surface area contributed by atoms with Crippen molar-refractivity contribution >= 4 is 0 Å². The Hall–Kier alpha value is -1.68. The first-order valence-corrected chi connectivity index (χ1v) is 6.28. The van der Waals surface area contributed by atoms with E-state index in [4.69, 9.17) is 0 Å². The van der Waals surface area contributed by atoms with E-state index in [0.29, 0.717) is 6.04 Å². The smallest absolute Gasteiger partial charge is 0.153 e. The number of rotatable bonds is 4. The van der Waals surface area contributed by atoms with E-state index in [1.54, 1.807) is 0 Å². The van der Waals surface area contributed by atoms with Crippen molar-refractivity contribution in [1.82, 2.24) is 20.1 Å². The van der Waals surface area contributed by atoms with Gasteiger partial charge in [0.2, 0.25) is 0 Å². The minimum absolute atomic E-state index is 0.477. The van der Waals surface area contributed by atoms with Crippen LogP contribution in [0.3, 0.4) is 0 Å². The summed E-state index contributed by atoms with van der Waals surface area (Å²) < 4.78 is 1.89. The summed E-state index contributed by atoms with van der Waals surface area (Å²) in [5, 5.41) is 7.82. The molecule has 0 radical (unpaired) electrons. The predicted molar refractivity (Wildman–Crippen MR) is 72.8 cm³/mol. The van der Waals surface area contributed by atoms with E-state index >= 15 is 0 Å². The molecule has 0 aliphatic heterocycles. The molecule has 2 rings (SSSR count). The van der Waals surface area contributed by atoms with Gasteiger partial charge in [0, 0.05) is 30.0 Å². The number of hydrogen-bond donors (Lipinski definition) is 1. The molecule has 0 aliphatic rings. The van der Waals surface area contributed by atoms with Gasteiger partial charge < -0.3 is 5.32 Å². The third-order valence-corrected chi connectivity index (χ3v) is 2.93. The third kappa shape index (κ3) is 2.76. The second-order valence-electron chi connectivity index (χ2n) is 4.89. The second kappa shape index (κ2) is 5.31. The van der Waals surface area contributed by atoms with Crippen LogP contribution in [-0.2, 0) is 6.54 Å². The topological polar surface area (TPSA) is 42.7 Å². The number of pyridine rings is 1. The van der Waals surface area contributed by atoms with Crippen LogP contribution < -0.4 is 5.32 Å². The van der Waals surface area contributed by atoms with E-state index in [9.17, 15) is 0 Å². The minimum Gasteiger partial charge on any atom is -0.310 e. The molecule has 4 heteroatoms. The molecule has 18 heavy (non-hydrogen) atoms. The molecule has 0 aromatic carbocycles. The fourth-order valence-electron chi connectivity index (χ4n) is 1.80. The van der Waals surface area contributed by atoms with Crippen LogP contribution >= 0.6 is 0 Å². The summed E-state index contributed by atoms with van der Waals surface area (Å²) in [5.41, 5.74) is 3.55. The Labute approximate surface area is 108 Å². The molecule has 0 spiro atoms. The van der Waals surface area contributed by atoms with Gasteiger partial charge in [-0.05, 0) is 31.5 Å². The summed E-state index contributed by atoms with van der Waals surface area (Å²) in [7, 11) is 0. The van der Waals surface area contributed by atoms with Crippen LogP contribution in [-0.4, -0.2) is 20.8 Å². The lowest BCUT2D eigenvalue weighted by Gasteiger charge is -2.08. The van der Waals surface area contributed by atoms with Gasteiger partial charge in [-0.2, -0.15) is 5.10 Å². The van der Waals surface area contributed by atoms with Crippen molar-refractivity contribution in [2.24, 2.45) is 0 Å². The van der Waals surface area contributed by atoms with Crippen molar-refractivity contribution in [2.75, 3.05) is 0 Å². The van der Waals surface area contributed by atoms with Crippen molar-refractivity contribution in [3.63, 3.8) is 0 Å². The summed E-state index contributed by atoms with van der Waals surface area (Å²) >= 11 is 0. The lowest BCUT2D eigenvalue weighted by atomic mass is 10.2. The van der Waals surface area contributed by atoms with Gasteiger partial charge in [-0.1, -0.05) is 13.8 Å². The van der Waals surface area contributed by atoms with Crippen molar-refractivity contribution in [2.45, 2.75) is 40.3 Å². The molecular formula is C14H20N4. The lowest BCUT2D eigenvalue weighted by Crippen LogP contribution is -2.22. The average Bonchev–Trinajstić information content (AvgIpc) is 2.68. The fraction of sp³-hybridized carbons (Fsp3) is 0.429. The molecular weight excluding hydrogens is 224 g/mol. The van der Waals surface area contributed by atoms with Crippen LogP contribution in [0.1, 0.15) is 30.7 Å². The number of hydrogen-bond acceptors (Lipinski definition) is 3.